The summed E-state index contributed by atoms with van der Waals surface area (Å²) in [6, 6.07) is -0.255. The highest BCUT2D eigenvalue weighted by Crippen LogP contribution is 2.31. The fraction of sp³-hybridized carbons (Fsp3) is 0.900. The van der Waals surface area contributed by atoms with Crippen molar-refractivity contribution in [1.29, 1.82) is 0 Å². The van der Waals surface area contributed by atoms with Gasteiger partial charge in [0.25, 0.3) is 0 Å². The number of unbranched alkanes of at least 4 members (excludes halogenated alkanes) is 1. The molecule has 0 saturated carbocycles. The zero-order chi connectivity index (χ0) is 12.3. The highest BCUT2D eigenvalue weighted by atomic mass is 19.4. The summed E-state index contributed by atoms with van der Waals surface area (Å²) < 4.78 is 38.7. The molecule has 94 valence electrons. The molecule has 1 aliphatic rings. The average Bonchev–Trinajstić information content (AvgIpc) is 2.57. The fourth-order valence-corrected chi connectivity index (χ4v) is 1.68. The van der Waals surface area contributed by atoms with Crippen molar-refractivity contribution in [3.8, 4) is 0 Å². The summed E-state index contributed by atoms with van der Waals surface area (Å²) in [5.74, 6) is 0. The fourth-order valence-electron chi connectivity index (χ4n) is 1.68. The van der Waals surface area contributed by atoms with E-state index in [1.165, 1.54) is 11.2 Å². The maximum absolute atomic E-state index is 12.9. The van der Waals surface area contributed by atoms with Gasteiger partial charge >= 0.3 is 6.18 Å². The van der Waals surface area contributed by atoms with Crippen LogP contribution in [0.4, 0.5) is 13.2 Å². The summed E-state index contributed by atoms with van der Waals surface area (Å²) in [4.78, 5) is 1.27. The van der Waals surface area contributed by atoms with Gasteiger partial charge in [-0.3, -0.25) is 5.01 Å². The molecule has 1 unspecified atom stereocenters. The number of alkyl halides is 3. The van der Waals surface area contributed by atoms with Gasteiger partial charge in [-0.2, -0.15) is 18.3 Å². The first-order valence-corrected chi connectivity index (χ1v) is 5.52. The lowest BCUT2D eigenvalue weighted by Gasteiger charge is -2.34. The predicted molar refractivity (Wildman–Crippen MR) is 56.9 cm³/mol. The Bertz CT molecular complexity index is 250. The van der Waals surface area contributed by atoms with E-state index in [1.807, 2.05) is 6.92 Å². The summed E-state index contributed by atoms with van der Waals surface area (Å²) in [7, 11) is 0. The second kappa shape index (κ2) is 4.93. The van der Waals surface area contributed by atoms with Gasteiger partial charge < -0.3 is 4.90 Å². The molecular formula is C10H18F3N3. The molecule has 0 aliphatic carbocycles. The molecule has 0 fully saturated rings. The standard InChI is InChI=1S/C10H18F3N3/c1-4-5-6-15-7-14-16(8(2)3)9(15)10(11,12)13/h7-9H,4-6H2,1-3H3. The molecule has 0 bridgehead atoms. The molecule has 16 heavy (non-hydrogen) atoms. The lowest BCUT2D eigenvalue weighted by atomic mass is 10.2. The van der Waals surface area contributed by atoms with Gasteiger partial charge in [-0.1, -0.05) is 13.3 Å². The topological polar surface area (TPSA) is 18.8 Å². The third kappa shape index (κ3) is 2.80. The van der Waals surface area contributed by atoms with E-state index in [1.54, 1.807) is 13.8 Å². The molecule has 0 aromatic heterocycles. The van der Waals surface area contributed by atoms with Crippen LogP contribution in [-0.4, -0.2) is 41.2 Å². The van der Waals surface area contributed by atoms with Crippen LogP contribution in [0.5, 0.6) is 0 Å². The minimum Gasteiger partial charge on any atom is -0.332 e. The minimum atomic E-state index is -4.27. The first-order chi connectivity index (χ1) is 7.38. The van der Waals surface area contributed by atoms with E-state index in [2.05, 4.69) is 5.10 Å². The van der Waals surface area contributed by atoms with Crippen molar-refractivity contribution < 1.29 is 13.2 Å². The first kappa shape index (κ1) is 13.1. The maximum Gasteiger partial charge on any atom is 0.429 e. The largest absolute Gasteiger partial charge is 0.429 e. The Balaban J connectivity index is 2.76. The molecule has 0 radical (unpaired) electrons. The van der Waals surface area contributed by atoms with Gasteiger partial charge in [-0.25, -0.2) is 0 Å². The Kier molecular flexibility index (Phi) is 4.04. The zero-order valence-electron chi connectivity index (χ0n) is 9.83. The van der Waals surface area contributed by atoms with Gasteiger partial charge in [0.15, 0.2) is 0 Å². The highest BCUT2D eigenvalue weighted by Gasteiger charge is 2.49. The van der Waals surface area contributed by atoms with Crippen LogP contribution in [0.3, 0.4) is 0 Å². The summed E-state index contributed by atoms with van der Waals surface area (Å²) in [6.07, 6.45) is -2.96. The third-order valence-electron chi connectivity index (χ3n) is 2.49. The van der Waals surface area contributed by atoms with Crippen LogP contribution in [0.15, 0.2) is 5.10 Å². The Morgan fingerprint density at radius 2 is 2.00 bits per heavy atom. The van der Waals surface area contributed by atoms with Crippen LogP contribution in [0, 0.1) is 0 Å². The van der Waals surface area contributed by atoms with Crippen LogP contribution in [0.2, 0.25) is 0 Å². The number of rotatable bonds is 4. The third-order valence-corrected chi connectivity index (χ3v) is 2.49. The Morgan fingerprint density at radius 1 is 1.38 bits per heavy atom. The molecule has 1 heterocycles. The van der Waals surface area contributed by atoms with Gasteiger partial charge in [-0.05, 0) is 20.3 Å². The van der Waals surface area contributed by atoms with E-state index in [9.17, 15) is 13.2 Å². The van der Waals surface area contributed by atoms with Gasteiger partial charge in [0.2, 0.25) is 6.17 Å². The van der Waals surface area contributed by atoms with Crippen molar-refractivity contribution in [3.63, 3.8) is 0 Å². The second-order valence-electron chi connectivity index (χ2n) is 4.21. The average molecular weight is 237 g/mol. The second-order valence-corrected chi connectivity index (χ2v) is 4.21. The minimum absolute atomic E-state index is 0.255. The molecule has 0 aromatic rings. The summed E-state index contributed by atoms with van der Waals surface area (Å²) in [6.45, 7) is 5.77. The smallest absolute Gasteiger partial charge is 0.332 e. The lowest BCUT2D eigenvalue weighted by Crippen LogP contribution is -2.52. The van der Waals surface area contributed by atoms with E-state index >= 15 is 0 Å². The van der Waals surface area contributed by atoms with Crippen LogP contribution in [-0.2, 0) is 0 Å². The monoisotopic (exact) mass is 237 g/mol. The van der Waals surface area contributed by atoms with Crippen LogP contribution in [0.1, 0.15) is 33.6 Å². The highest BCUT2D eigenvalue weighted by molar-refractivity contribution is 5.57. The Labute approximate surface area is 93.9 Å². The number of hydrazone groups is 1. The van der Waals surface area contributed by atoms with E-state index in [-0.39, 0.29) is 6.04 Å². The normalized spacial score (nSPS) is 21.3. The lowest BCUT2D eigenvalue weighted by molar-refractivity contribution is -0.211. The van der Waals surface area contributed by atoms with Gasteiger partial charge in [0.05, 0.1) is 0 Å². The summed E-state index contributed by atoms with van der Waals surface area (Å²) in [5, 5.41) is 4.94. The van der Waals surface area contributed by atoms with Crippen molar-refractivity contribution in [2.45, 2.75) is 52.0 Å². The van der Waals surface area contributed by atoms with Crippen molar-refractivity contribution in [1.82, 2.24) is 9.91 Å². The quantitative estimate of drug-likeness (QED) is 0.748. The van der Waals surface area contributed by atoms with Crippen LogP contribution < -0.4 is 0 Å². The summed E-state index contributed by atoms with van der Waals surface area (Å²) in [5.41, 5.74) is 0. The van der Waals surface area contributed by atoms with Crippen molar-refractivity contribution in [3.05, 3.63) is 0 Å². The number of hydrogen-bond donors (Lipinski definition) is 0. The number of hydrogen-bond acceptors (Lipinski definition) is 3. The van der Waals surface area contributed by atoms with Crippen molar-refractivity contribution in [2.24, 2.45) is 5.10 Å². The number of halogens is 3. The Hall–Kier alpha value is -0.940. The van der Waals surface area contributed by atoms with E-state index in [0.717, 1.165) is 17.9 Å². The molecule has 0 N–H and O–H groups in total. The molecular weight excluding hydrogens is 219 g/mol. The molecule has 0 aromatic carbocycles. The molecule has 6 heteroatoms. The van der Waals surface area contributed by atoms with E-state index in [0.29, 0.717) is 6.54 Å². The SMILES string of the molecule is CCCCN1C=NN(C(C)C)C1C(F)(F)F. The van der Waals surface area contributed by atoms with Gasteiger partial charge in [-0.15, -0.1) is 0 Å². The molecule has 1 atom stereocenters. The molecule has 0 amide bonds. The molecule has 1 aliphatic heterocycles. The van der Waals surface area contributed by atoms with Crippen molar-refractivity contribution in [2.75, 3.05) is 6.54 Å². The van der Waals surface area contributed by atoms with Gasteiger partial charge in [0, 0.05) is 12.6 Å². The zero-order valence-corrected chi connectivity index (χ0v) is 9.83. The van der Waals surface area contributed by atoms with Gasteiger partial charge in [0.1, 0.15) is 6.34 Å². The predicted octanol–water partition coefficient (Wildman–Crippen LogP) is 2.64. The molecule has 3 nitrogen and oxygen atoms in total. The molecule has 0 spiro atoms. The number of nitrogens with zero attached hydrogens (tertiary/aromatic N) is 3. The molecule has 1 rings (SSSR count). The summed E-state index contributed by atoms with van der Waals surface area (Å²) >= 11 is 0. The Morgan fingerprint density at radius 3 is 2.44 bits per heavy atom. The van der Waals surface area contributed by atoms with E-state index < -0.39 is 12.3 Å². The molecule has 0 saturated heterocycles. The van der Waals surface area contributed by atoms with E-state index in [4.69, 9.17) is 0 Å². The first-order valence-electron chi connectivity index (χ1n) is 5.52. The van der Waals surface area contributed by atoms with Crippen LogP contribution >= 0.6 is 0 Å². The maximum atomic E-state index is 12.9. The van der Waals surface area contributed by atoms with Crippen LogP contribution in [0.25, 0.3) is 0 Å². The van der Waals surface area contributed by atoms with Crippen molar-refractivity contribution >= 4 is 6.34 Å².